The molecule has 0 spiro atoms. The monoisotopic (exact) mass is 564 g/mol. The fraction of sp³-hybridized carbons (Fsp3) is 0.577. The maximum absolute atomic E-state index is 13.1. The standard InChI is InChI=1S/C26H36N4O8S/c1-7-9-37-25(34)22-23(14(3)21-20(15(4)31)24(33)30(21)22)39-17-11-19(18(28-36-6)12-27-16(5)32)29(13-17)26(35)38-10-8-2/h7-8,14-15,17,19-21,31H,1-2,9-13H2,3-6H3,(H,27,32)/b28-18+/t14-,15-,17+,19+,20-,21-/m1/s1. The number of nitrogens with one attached hydrogen (secondary N) is 1. The number of thioether (sulfide) groups is 1. The molecule has 3 amide bonds. The van der Waals surface area contributed by atoms with Gasteiger partial charge in [-0.15, -0.1) is 11.8 Å². The maximum atomic E-state index is 13.1. The van der Waals surface area contributed by atoms with Crippen molar-refractivity contribution in [3.8, 4) is 0 Å². The van der Waals surface area contributed by atoms with Crippen LogP contribution in [-0.2, 0) is 28.7 Å². The molecule has 214 valence electrons. The molecule has 2 N–H and O–H groups in total. The van der Waals surface area contributed by atoms with E-state index in [1.807, 2.05) is 6.92 Å². The van der Waals surface area contributed by atoms with E-state index in [9.17, 15) is 24.3 Å². The van der Waals surface area contributed by atoms with Gasteiger partial charge in [0, 0.05) is 29.5 Å². The minimum Gasteiger partial charge on any atom is -0.457 e. The molecule has 39 heavy (non-hydrogen) atoms. The Kier molecular flexibility index (Phi) is 10.2. The molecular formula is C26H36N4O8S. The van der Waals surface area contributed by atoms with E-state index in [-0.39, 0.29) is 61.0 Å². The first-order chi connectivity index (χ1) is 18.6. The lowest BCUT2D eigenvalue weighted by Gasteiger charge is -2.46. The number of aliphatic hydroxyl groups excluding tert-OH is 1. The van der Waals surface area contributed by atoms with Gasteiger partial charge in [-0.3, -0.25) is 14.5 Å². The zero-order valence-corrected chi connectivity index (χ0v) is 23.4. The molecule has 0 radical (unpaired) electrons. The van der Waals surface area contributed by atoms with Crippen LogP contribution in [0.5, 0.6) is 0 Å². The molecule has 3 heterocycles. The number of ether oxygens (including phenoxy) is 2. The number of hydrogen-bond acceptors (Lipinski definition) is 10. The van der Waals surface area contributed by atoms with Gasteiger partial charge in [0.1, 0.15) is 26.0 Å². The number of amides is 3. The van der Waals surface area contributed by atoms with Gasteiger partial charge in [0.15, 0.2) is 0 Å². The number of β-lactam (4-membered cyclic amide) rings is 1. The first-order valence-electron chi connectivity index (χ1n) is 12.7. The highest BCUT2D eigenvalue weighted by atomic mass is 32.2. The van der Waals surface area contributed by atoms with Crippen molar-refractivity contribution >= 4 is 41.4 Å². The molecule has 3 aliphatic rings. The Balaban J connectivity index is 1.93. The Morgan fingerprint density at radius 3 is 2.51 bits per heavy atom. The van der Waals surface area contributed by atoms with Gasteiger partial charge >= 0.3 is 12.1 Å². The number of aliphatic hydroxyl groups is 1. The third kappa shape index (κ3) is 6.30. The lowest BCUT2D eigenvalue weighted by atomic mass is 9.79. The van der Waals surface area contributed by atoms with Crippen LogP contribution in [0.2, 0.25) is 0 Å². The molecule has 2 saturated heterocycles. The summed E-state index contributed by atoms with van der Waals surface area (Å²) in [7, 11) is 1.38. The number of carbonyl (C=O) groups is 4. The van der Waals surface area contributed by atoms with E-state index >= 15 is 0 Å². The number of likely N-dealkylation sites (tertiary alicyclic amines) is 1. The number of oxime groups is 1. The zero-order valence-electron chi connectivity index (χ0n) is 22.6. The van der Waals surface area contributed by atoms with Gasteiger partial charge in [-0.25, -0.2) is 9.59 Å². The molecule has 0 saturated carbocycles. The molecule has 3 rings (SSSR count). The maximum Gasteiger partial charge on any atom is 0.410 e. The molecule has 0 bridgehead atoms. The van der Waals surface area contributed by atoms with Gasteiger partial charge in [-0.1, -0.05) is 37.4 Å². The van der Waals surface area contributed by atoms with E-state index < -0.39 is 30.1 Å². The third-order valence-electron chi connectivity index (χ3n) is 6.86. The first-order valence-corrected chi connectivity index (χ1v) is 13.5. The van der Waals surface area contributed by atoms with Crippen molar-refractivity contribution in [2.45, 2.75) is 50.6 Å². The number of fused-ring (bicyclic) bond motifs is 1. The molecule has 0 aliphatic carbocycles. The van der Waals surface area contributed by atoms with E-state index in [0.29, 0.717) is 17.0 Å². The summed E-state index contributed by atoms with van der Waals surface area (Å²) in [4.78, 5) is 59.1. The Morgan fingerprint density at radius 1 is 1.26 bits per heavy atom. The molecule has 12 nitrogen and oxygen atoms in total. The molecular weight excluding hydrogens is 528 g/mol. The average Bonchev–Trinajstić information content (AvgIpc) is 3.41. The summed E-state index contributed by atoms with van der Waals surface area (Å²) in [5, 5.41) is 16.8. The van der Waals surface area contributed by atoms with Gasteiger partial charge in [-0.2, -0.15) is 0 Å². The highest BCUT2D eigenvalue weighted by molar-refractivity contribution is 8.03. The smallest absolute Gasteiger partial charge is 0.410 e. The van der Waals surface area contributed by atoms with Crippen molar-refractivity contribution in [3.63, 3.8) is 0 Å². The van der Waals surface area contributed by atoms with Crippen molar-refractivity contribution in [2.24, 2.45) is 17.0 Å². The fourth-order valence-corrected chi connectivity index (χ4v) is 6.73. The second kappa shape index (κ2) is 13.2. The van der Waals surface area contributed by atoms with Crippen molar-refractivity contribution in [1.82, 2.24) is 15.1 Å². The van der Waals surface area contributed by atoms with Crippen molar-refractivity contribution < 1.29 is 38.6 Å². The Morgan fingerprint density at radius 2 is 1.92 bits per heavy atom. The molecule has 2 fully saturated rings. The fourth-order valence-electron chi connectivity index (χ4n) is 5.21. The highest BCUT2D eigenvalue weighted by Crippen LogP contribution is 2.52. The van der Waals surface area contributed by atoms with Gasteiger partial charge in [0.2, 0.25) is 11.8 Å². The Hall–Kier alpha value is -3.32. The molecule has 3 aliphatic heterocycles. The third-order valence-corrected chi connectivity index (χ3v) is 8.36. The lowest BCUT2D eigenvalue weighted by molar-refractivity contribution is -0.164. The molecule has 0 aromatic heterocycles. The Bertz CT molecular complexity index is 1070. The number of esters is 1. The van der Waals surface area contributed by atoms with Crippen LogP contribution in [0.15, 0.2) is 41.1 Å². The quantitative estimate of drug-likeness (QED) is 0.118. The first kappa shape index (κ1) is 30.2. The van der Waals surface area contributed by atoms with Crippen LogP contribution < -0.4 is 5.32 Å². The highest BCUT2D eigenvalue weighted by Gasteiger charge is 2.60. The van der Waals surface area contributed by atoms with E-state index in [1.165, 1.54) is 47.7 Å². The molecule has 13 heteroatoms. The summed E-state index contributed by atoms with van der Waals surface area (Å²) < 4.78 is 10.6. The predicted molar refractivity (Wildman–Crippen MR) is 144 cm³/mol. The summed E-state index contributed by atoms with van der Waals surface area (Å²) in [6.45, 7) is 12.3. The van der Waals surface area contributed by atoms with E-state index in [0.717, 1.165) is 0 Å². The molecule has 0 aromatic rings. The summed E-state index contributed by atoms with van der Waals surface area (Å²) in [5.74, 6) is -2.11. The second-order valence-electron chi connectivity index (χ2n) is 9.54. The van der Waals surface area contributed by atoms with Crippen LogP contribution in [0, 0.1) is 11.8 Å². The van der Waals surface area contributed by atoms with E-state index in [2.05, 4.69) is 23.6 Å². The number of hydrogen-bond donors (Lipinski definition) is 2. The second-order valence-corrected chi connectivity index (χ2v) is 10.9. The summed E-state index contributed by atoms with van der Waals surface area (Å²) in [6, 6.07) is -0.925. The van der Waals surface area contributed by atoms with Crippen LogP contribution >= 0.6 is 11.8 Å². The molecule has 6 atom stereocenters. The van der Waals surface area contributed by atoms with Crippen molar-refractivity contribution in [2.75, 3.05) is 33.4 Å². The summed E-state index contributed by atoms with van der Waals surface area (Å²) in [6.07, 6.45) is 1.87. The number of carbonyl (C=O) groups excluding carboxylic acids is 4. The lowest BCUT2D eigenvalue weighted by Crippen LogP contribution is -2.63. The largest absolute Gasteiger partial charge is 0.457 e. The number of rotatable bonds is 12. The van der Waals surface area contributed by atoms with Gasteiger partial charge < -0.3 is 29.6 Å². The van der Waals surface area contributed by atoms with Crippen LogP contribution in [0.4, 0.5) is 4.79 Å². The van der Waals surface area contributed by atoms with Crippen molar-refractivity contribution in [3.05, 3.63) is 35.9 Å². The van der Waals surface area contributed by atoms with Gasteiger partial charge in [-0.05, 0) is 13.3 Å². The normalized spacial score (nSPS) is 26.9. The summed E-state index contributed by atoms with van der Waals surface area (Å²) >= 11 is 1.39. The van der Waals surface area contributed by atoms with Crippen molar-refractivity contribution in [1.29, 1.82) is 0 Å². The topological polar surface area (TPSA) is 147 Å². The predicted octanol–water partition coefficient (Wildman–Crippen LogP) is 1.42. The van der Waals surface area contributed by atoms with Gasteiger partial charge in [0.05, 0.1) is 36.4 Å². The van der Waals surface area contributed by atoms with Gasteiger partial charge in [0.25, 0.3) is 0 Å². The summed E-state index contributed by atoms with van der Waals surface area (Å²) in [5.41, 5.74) is 0.591. The molecule has 0 aromatic carbocycles. The minimum atomic E-state index is -0.872. The van der Waals surface area contributed by atoms with E-state index in [1.54, 1.807) is 6.92 Å². The average molecular weight is 565 g/mol. The van der Waals surface area contributed by atoms with E-state index in [4.69, 9.17) is 14.3 Å². The zero-order chi connectivity index (χ0) is 28.9. The van der Waals surface area contributed by atoms with Crippen LogP contribution in [0.1, 0.15) is 27.2 Å². The minimum absolute atomic E-state index is 0.0171. The molecule has 0 unspecified atom stereocenters. The SMILES string of the molecule is C=CCOC(=O)C1=C(S[C@H]2C[C@@H](/C(CNC(C)=O)=N/OC)N(C(=O)OCC=C)C2)[C@H](C)[C@@H]2[C@@H]([C@@H](C)O)C(=O)N12. The van der Waals surface area contributed by atoms with Crippen LogP contribution in [-0.4, -0.2) is 101 Å². The van der Waals surface area contributed by atoms with Crippen LogP contribution in [0.25, 0.3) is 0 Å². The Labute approximate surface area is 232 Å². The van der Waals surface area contributed by atoms with Crippen LogP contribution in [0.3, 0.4) is 0 Å². The number of nitrogens with zero attached hydrogens (tertiary/aromatic N) is 3.